The number of hydrogen-bond acceptors (Lipinski definition) is 3. The van der Waals surface area contributed by atoms with Crippen LogP contribution in [-0.4, -0.2) is 31.1 Å². The molecule has 0 aromatic heterocycles. The van der Waals surface area contributed by atoms with E-state index in [-0.39, 0.29) is 6.04 Å². The van der Waals surface area contributed by atoms with Crippen LogP contribution in [-0.2, 0) is 6.42 Å². The number of nitrogens with two attached hydrogens (primary N) is 1. The number of benzene rings is 1. The zero-order valence-corrected chi connectivity index (χ0v) is 12.2. The van der Waals surface area contributed by atoms with Crippen molar-refractivity contribution in [2.75, 3.05) is 26.2 Å². The summed E-state index contributed by atoms with van der Waals surface area (Å²) in [7, 11) is 0. The van der Waals surface area contributed by atoms with Crippen molar-refractivity contribution in [1.82, 2.24) is 4.90 Å². The van der Waals surface area contributed by atoms with Gasteiger partial charge in [0, 0.05) is 12.6 Å². The summed E-state index contributed by atoms with van der Waals surface area (Å²) in [5, 5.41) is 0. The second-order valence-corrected chi connectivity index (χ2v) is 5.23. The molecule has 0 saturated carbocycles. The first-order valence-electron chi connectivity index (χ1n) is 7.48. The minimum Gasteiger partial charge on any atom is -0.492 e. The van der Waals surface area contributed by atoms with Crippen LogP contribution in [0.4, 0.5) is 0 Å². The maximum Gasteiger partial charge on any atom is 0.119 e. The lowest BCUT2D eigenvalue weighted by molar-refractivity contribution is 0.222. The van der Waals surface area contributed by atoms with Gasteiger partial charge in [-0.1, -0.05) is 19.9 Å². The summed E-state index contributed by atoms with van der Waals surface area (Å²) in [5.41, 5.74) is 8.85. The molecule has 3 nitrogen and oxygen atoms in total. The van der Waals surface area contributed by atoms with E-state index in [0.29, 0.717) is 0 Å². The Morgan fingerprint density at radius 2 is 2.11 bits per heavy atom. The molecule has 0 unspecified atom stereocenters. The van der Waals surface area contributed by atoms with E-state index in [2.05, 4.69) is 36.9 Å². The molecule has 1 atom stereocenters. The number of fused-ring (bicyclic) bond motifs is 1. The van der Waals surface area contributed by atoms with E-state index in [9.17, 15) is 0 Å². The maximum atomic E-state index is 6.17. The second-order valence-electron chi connectivity index (χ2n) is 5.23. The Hall–Kier alpha value is -1.06. The van der Waals surface area contributed by atoms with Crippen molar-refractivity contribution in [3.05, 3.63) is 29.3 Å². The van der Waals surface area contributed by atoms with Crippen molar-refractivity contribution in [3.63, 3.8) is 0 Å². The van der Waals surface area contributed by atoms with Crippen LogP contribution in [0.25, 0.3) is 0 Å². The molecule has 1 aliphatic carbocycles. The Kier molecular flexibility index (Phi) is 5.23. The third kappa shape index (κ3) is 3.71. The predicted molar refractivity (Wildman–Crippen MR) is 79.6 cm³/mol. The fourth-order valence-corrected chi connectivity index (χ4v) is 2.74. The van der Waals surface area contributed by atoms with Gasteiger partial charge in [0.05, 0.1) is 0 Å². The van der Waals surface area contributed by atoms with Crippen LogP contribution in [0.5, 0.6) is 5.75 Å². The standard InChI is InChI=1S/C16H26N2O/c1-3-18(4-2)10-11-19-14-9-8-13-6-5-7-16(17)15(13)12-14/h8-9,12,16H,3-7,10-11,17H2,1-2H3/t16-/m1/s1. The van der Waals surface area contributed by atoms with Crippen LogP contribution in [0.15, 0.2) is 18.2 Å². The number of hydrogen-bond donors (Lipinski definition) is 1. The first kappa shape index (κ1) is 14.4. The van der Waals surface area contributed by atoms with Gasteiger partial charge in [-0.05, 0) is 55.6 Å². The molecule has 2 rings (SSSR count). The molecule has 0 saturated heterocycles. The lowest BCUT2D eigenvalue weighted by Crippen LogP contribution is -2.28. The van der Waals surface area contributed by atoms with Crippen LogP contribution < -0.4 is 10.5 Å². The summed E-state index contributed by atoms with van der Waals surface area (Å²) in [5.74, 6) is 0.961. The van der Waals surface area contributed by atoms with Gasteiger partial charge in [0.15, 0.2) is 0 Å². The zero-order valence-electron chi connectivity index (χ0n) is 12.2. The van der Waals surface area contributed by atoms with Gasteiger partial charge in [0.1, 0.15) is 12.4 Å². The van der Waals surface area contributed by atoms with Crippen molar-refractivity contribution in [1.29, 1.82) is 0 Å². The van der Waals surface area contributed by atoms with Crippen LogP contribution in [0.3, 0.4) is 0 Å². The highest BCUT2D eigenvalue weighted by Gasteiger charge is 2.17. The minimum atomic E-state index is 0.190. The van der Waals surface area contributed by atoms with Crippen molar-refractivity contribution in [2.24, 2.45) is 5.73 Å². The lowest BCUT2D eigenvalue weighted by Gasteiger charge is -2.23. The van der Waals surface area contributed by atoms with E-state index < -0.39 is 0 Å². The molecule has 1 aromatic rings. The summed E-state index contributed by atoms with van der Waals surface area (Å²) in [4.78, 5) is 2.37. The van der Waals surface area contributed by atoms with E-state index in [1.54, 1.807) is 0 Å². The first-order chi connectivity index (χ1) is 9.24. The topological polar surface area (TPSA) is 38.5 Å². The van der Waals surface area contributed by atoms with Gasteiger partial charge in [0.2, 0.25) is 0 Å². The van der Waals surface area contributed by atoms with Crippen LogP contribution in [0.1, 0.15) is 43.9 Å². The van der Waals surface area contributed by atoms with Gasteiger partial charge in [-0.2, -0.15) is 0 Å². The smallest absolute Gasteiger partial charge is 0.119 e. The second kappa shape index (κ2) is 6.92. The minimum absolute atomic E-state index is 0.190. The number of ether oxygens (including phenoxy) is 1. The highest BCUT2D eigenvalue weighted by Crippen LogP contribution is 2.30. The molecule has 0 aliphatic heterocycles. The monoisotopic (exact) mass is 262 g/mol. The first-order valence-corrected chi connectivity index (χ1v) is 7.48. The number of likely N-dealkylation sites (N-methyl/N-ethyl adjacent to an activating group) is 1. The van der Waals surface area contributed by atoms with E-state index in [0.717, 1.165) is 44.8 Å². The third-order valence-corrected chi connectivity index (χ3v) is 4.05. The molecule has 2 N–H and O–H groups in total. The van der Waals surface area contributed by atoms with Crippen molar-refractivity contribution in [2.45, 2.75) is 39.2 Å². The van der Waals surface area contributed by atoms with E-state index in [1.807, 2.05) is 0 Å². The highest BCUT2D eigenvalue weighted by atomic mass is 16.5. The van der Waals surface area contributed by atoms with Gasteiger partial charge in [-0.25, -0.2) is 0 Å². The molecule has 0 spiro atoms. The molecule has 1 aromatic carbocycles. The molecular weight excluding hydrogens is 236 g/mol. The van der Waals surface area contributed by atoms with Gasteiger partial charge < -0.3 is 15.4 Å². The Morgan fingerprint density at radius 1 is 1.32 bits per heavy atom. The molecule has 106 valence electrons. The summed E-state index contributed by atoms with van der Waals surface area (Å²) < 4.78 is 5.86. The summed E-state index contributed by atoms with van der Waals surface area (Å²) in [6.45, 7) is 8.25. The van der Waals surface area contributed by atoms with Crippen molar-refractivity contribution >= 4 is 0 Å². The zero-order chi connectivity index (χ0) is 13.7. The lowest BCUT2D eigenvalue weighted by atomic mass is 9.88. The van der Waals surface area contributed by atoms with Gasteiger partial charge in [0.25, 0.3) is 0 Å². The fourth-order valence-electron chi connectivity index (χ4n) is 2.74. The normalized spacial score (nSPS) is 18.4. The SMILES string of the molecule is CCN(CC)CCOc1ccc2c(c1)[C@H](N)CCC2. The van der Waals surface area contributed by atoms with E-state index in [4.69, 9.17) is 10.5 Å². The average molecular weight is 262 g/mol. The van der Waals surface area contributed by atoms with Gasteiger partial charge >= 0.3 is 0 Å². The Bertz CT molecular complexity index is 402. The summed E-state index contributed by atoms with van der Waals surface area (Å²) in [6, 6.07) is 6.59. The van der Waals surface area contributed by atoms with Crippen LogP contribution in [0, 0.1) is 0 Å². The molecule has 3 heteroatoms. The van der Waals surface area contributed by atoms with Crippen molar-refractivity contribution < 1.29 is 4.74 Å². The van der Waals surface area contributed by atoms with Gasteiger partial charge in [-0.15, -0.1) is 0 Å². The molecule has 19 heavy (non-hydrogen) atoms. The van der Waals surface area contributed by atoms with E-state index >= 15 is 0 Å². The summed E-state index contributed by atoms with van der Waals surface area (Å²) >= 11 is 0. The third-order valence-electron chi connectivity index (χ3n) is 4.05. The maximum absolute atomic E-state index is 6.17. The Labute approximate surface area is 116 Å². The molecule has 0 amide bonds. The molecule has 0 fully saturated rings. The molecular formula is C16H26N2O. The van der Waals surface area contributed by atoms with Crippen molar-refractivity contribution in [3.8, 4) is 5.75 Å². The largest absolute Gasteiger partial charge is 0.492 e. The molecule has 0 bridgehead atoms. The Morgan fingerprint density at radius 3 is 2.84 bits per heavy atom. The quantitative estimate of drug-likeness (QED) is 0.856. The predicted octanol–water partition coefficient (Wildman–Crippen LogP) is 2.74. The Balaban J connectivity index is 1.93. The summed E-state index contributed by atoms with van der Waals surface area (Å²) in [6.07, 6.45) is 3.45. The van der Waals surface area contributed by atoms with Gasteiger partial charge in [-0.3, -0.25) is 0 Å². The molecule has 0 heterocycles. The van der Waals surface area contributed by atoms with Crippen LogP contribution >= 0.6 is 0 Å². The van der Waals surface area contributed by atoms with E-state index in [1.165, 1.54) is 17.5 Å². The number of nitrogens with zero attached hydrogens (tertiary/aromatic N) is 1. The highest BCUT2D eigenvalue weighted by molar-refractivity contribution is 5.39. The average Bonchev–Trinajstić information content (AvgIpc) is 2.44. The molecule has 0 radical (unpaired) electrons. The fraction of sp³-hybridized carbons (Fsp3) is 0.625. The molecule has 1 aliphatic rings. The number of rotatable bonds is 6. The number of aryl methyl sites for hydroxylation is 1. The van der Waals surface area contributed by atoms with Crippen LogP contribution in [0.2, 0.25) is 0 Å².